The number of nitrogens with one attached hydrogen (secondary N) is 1. The van der Waals surface area contributed by atoms with Gasteiger partial charge in [0.15, 0.2) is 0 Å². The number of hydrogen-bond acceptors (Lipinski definition) is 5. The summed E-state index contributed by atoms with van der Waals surface area (Å²) in [5.41, 5.74) is -5.71. The van der Waals surface area contributed by atoms with E-state index in [1.54, 1.807) is 0 Å². The summed E-state index contributed by atoms with van der Waals surface area (Å²) in [6, 6.07) is 0. The molecule has 0 unspecified atom stereocenters. The minimum Gasteiger partial charge on any atom is -0.463 e. The molecule has 1 heterocycles. The number of dihydropyridines is 1. The van der Waals surface area contributed by atoms with Crippen LogP contribution in [-0.2, 0) is 19.1 Å². The molecule has 0 aromatic heterocycles. The van der Waals surface area contributed by atoms with Crippen molar-refractivity contribution in [2.24, 2.45) is 11.8 Å². The van der Waals surface area contributed by atoms with Gasteiger partial charge in [-0.3, -0.25) is 0 Å². The lowest BCUT2D eigenvalue weighted by Crippen LogP contribution is -2.45. The summed E-state index contributed by atoms with van der Waals surface area (Å²) < 4.78 is 91.9. The fraction of sp³-hybridized carbons (Fsp3) is 0.684. The normalized spacial score (nSPS) is 19.6. The third-order valence-electron chi connectivity index (χ3n) is 5.09. The van der Waals surface area contributed by atoms with Crippen LogP contribution in [0.2, 0.25) is 0 Å². The molecular formula is C19H23F6NO4. The average Bonchev–Trinajstić information content (AvgIpc) is 2.65. The molecule has 1 N–H and O–H groups in total. The van der Waals surface area contributed by atoms with E-state index in [0.717, 1.165) is 6.42 Å². The first-order valence-electron chi connectivity index (χ1n) is 9.67. The molecular weight excluding hydrogens is 420 g/mol. The molecule has 170 valence electrons. The van der Waals surface area contributed by atoms with E-state index in [4.69, 9.17) is 9.47 Å². The number of alkyl halides is 6. The van der Waals surface area contributed by atoms with Crippen LogP contribution in [0.4, 0.5) is 26.3 Å². The maximum absolute atomic E-state index is 13.7. The highest BCUT2D eigenvalue weighted by atomic mass is 19.4. The number of ether oxygens (including phenoxy) is 2. The quantitative estimate of drug-likeness (QED) is 0.499. The fourth-order valence-electron chi connectivity index (χ4n) is 3.98. The van der Waals surface area contributed by atoms with E-state index in [2.05, 4.69) is 0 Å². The molecule has 0 radical (unpaired) electrons. The number of allylic oxidation sites excluding steroid dienone is 2. The minimum atomic E-state index is -5.30. The van der Waals surface area contributed by atoms with Gasteiger partial charge in [0.1, 0.15) is 11.4 Å². The van der Waals surface area contributed by atoms with Crippen molar-refractivity contribution in [3.05, 3.63) is 22.5 Å². The van der Waals surface area contributed by atoms with Crippen molar-refractivity contribution in [3.8, 4) is 0 Å². The highest BCUT2D eigenvalue weighted by molar-refractivity contribution is 5.98. The Morgan fingerprint density at radius 3 is 1.57 bits per heavy atom. The maximum atomic E-state index is 13.7. The highest BCUT2D eigenvalue weighted by Gasteiger charge is 2.54. The molecule has 0 saturated heterocycles. The summed E-state index contributed by atoms with van der Waals surface area (Å²) in [6.45, 7) is 2.16. The predicted octanol–water partition coefficient (Wildman–Crippen LogP) is 4.55. The molecule has 2 rings (SSSR count). The van der Waals surface area contributed by atoms with Gasteiger partial charge in [-0.2, -0.15) is 26.3 Å². The van der Waals surface area contributed by atoms with Gasteiger partial charge >= 0.3 is 24.3 Å². The van der Waals surface area contributed by atoms with Gasteiger partial charge in [0.05, 0.1) is 24.4 Å². The second-order valence-corrected chi connectivity index (χ2v) is 7.01. The van der Waals surface area contributed by atoms with Gasteiger partial charge in [-0.05, 0) is 32.6 Å². The molecule has 0 bridgehead atoms. The van der Waals surface area contributed by atoms with Crippen LogP contribution in [0.1, 0.15) is 46.0 Å². The molecule has 5 nitrogen and oxygen atoms in total. The van der Waals surface area contributed by atoms with Crippen LogP contribution in [0.3, 0.4) is 0 Å². The van der Waals surface area contributed by atoms with E-state index >= 15 is 0 Å². The van der Waals surface area contributed by atoms with E-state index in [9.17, 15) is 35.9 Å². The Morgan fingerprint density at radius 1 is 0.833 bits per heavy atom. The smallest absolute Gasteiger partial charge is 0.431 e. The van der Waals surface area contributed by atoms with Gasteiger partial charge in [0.25, 0.3) is 0 Å². The number of halogens is 6. The molecule has 1 saturated carbocycles. The topological polar surface area (TPSA) is 64.6 Å². The molecule has 0 aromatic carbocycles. The summed E-state index contributed by atoms with van der Waals surface area (Å²) in [5, 5.41) is 1.29. The van der Waals surface area contributed by atoms with Crippen LogP contribution >= 0.6 is 0 Å². The van der Waals surface area contributed by atoms with Crippen LogP contribution in [-0.4, -0.2) is 37.5 Å². The first kappa shape index (κ1) is 24.1. The second-order valence-electron chi connectivity index (χ2n) is 7.01. The largest absolute Gasteiger partial charge is 0.463 e. The van der Waals surface area contributed by atoms with Crippen molar-refractivity contribution in [3.63, 3.8) is 0 Å². The van der Waals surface area contributed by atoms with Crippen LogP contribution < -0.4 is 5.32 Å². The molecule has 11 heteroatoms. The Labute approximate surface area is 169 Å². The summed E-state index contributed by atoms with van der Waals surface area (Å²) in [4.78, 5) is 25.0. The lowest BCUT2D eigenvalue weighted by Gasteiger charge is -2.38. The Morgan fingerprint density at radius 2 is 1.23 bits per heavy atom. The summed E-state index contributed by atoms with van der Waals surface area (Å²) in [7, 11) is 0. The molecule has 0 amide bonds. The molecule has 0 spiro atoms. The monoisotopic (exact) mass is 443 g/mol. The minimum absolute atomic E-state index is 0.271. The molecule has 0 aromatic rings. The summed E-state index contributed by atoms with van der Waals surface area (Å²) >= 11 is 0. The van der Waals surface area contributed by atoms with Crippen LogP contribution in [0.5, 0.6) is 0 Å². The average molecular weight is 443 g/mol. The van der Waals surface area contributed by atoms with Crippen molar-refractivity contribution in [1.29, 1.82) is 0 Å². The number of esters is 2. The lowest BCUT2D eigenvalue weighted by molar-refractivity contribution is -0.145. The van der Waals surface area contributed by atoms with E-state index in [0.29, 0.717) is 12.8 Å². The van der Waals surface area contributed by atoms with E-state index in [1.807, 2.05) is 0 Å². The van der Waals surface area contributed by atoms with E-state index in [-0.39, 0.29) is 26.1 Å². The van der Waals surface area contributed by atoms with Gasteiger partial charge in [0.2, 0.25) is 0 Å². The SMILES string of the molecule is CCOC(=O)C1=C(C(F)(F)F)NC(C(F)(F)F)=C(C(=O)OCC)C1C1CCCCC1. The molecule has 30 heavy (non-hydrogen) atoms. The van der Waals surface area contributed by atoms with Crippen molar-refractivity contribution in [2.45, 2.75) is 58.3 Å². The van der Waals surface area contributed by atoms with Crippen LogP contribution in [0.15, 0.2) is 22.5 Å². The van der Waals surface area contributed by atoms with Crippen molar-refractivity contribution >= 4 is 11.9 Å². The van der Waals surface area contributed by atoms with Crippen molar-refractivity contribution < 1.29 is 45.4 Å². The van der Waals surface area contributed by atoms with Gasteiger partial charge in [-0.15, -0.1) is 0 Å². The van der Waals surface area contributed by atoms with E-state index in [1.165, 1.54) is 19.2 Å². The Hall–Kier alpha value is -2.20. The van der Waals surface area contributed by atoms with Crippen molar-refractivity contribution in [1.82, 2.24) is 5.32 Å². The fourth-order valence-corrected chi connectivity index (χ4v) is 3.98. The zero-order valence-corrected chi connectivity index (χ0v) is 16.5. The highest BCUT2D eigenvalue weighted by Crippen LogP contribution is 2.48. The molecule has 0 atom stereocenters. The Balaban J connectivity index is 2.80. The van der Waals surface area contributed by atoms with Gasteiger partial charge in [-0.25, -0.2) is 9.59 Å². The predicted molar refractivity (Wildman–Crippen MR) is 92.6 cm³/mol. The summed E-state index contributed by atoms with van der Waals surface area (Å²) in [5.74, 6) is -5.32. The van der Waals surface area contributed by atoms with Gasteiger partial charge in [0, 0.05) is 5.92 Å². The van der Waals surface area contributed by atoms with Gasteiger partial charge in [-0.1, -0.05) is 19.3 Å². The van der Waals surface area contributed by atoms with Gasteiger partial charge < -0.3 is 14.8 Å². The number of carbonyl (C=O) groups is 2. The van der Waals surface area contributed by atoms with Crippen molar-refractivity contribution in [2.75, 3.05) is 13.2 Å². The lowest BCUT2D eigenvalue weighted by atomic mass is 9.70. The number of carbonyl (C=O) groups excluding carboxylic acids is 2. The zero-order valence-electron chi connectivity index (χ0n) is 16.5. The maximum Gasteiger partial charge on any atom is 0.431 e. The zero-order chi connectivity index (χ0) is 22.7. The number of rotatable bonds is 5. The van der Waals surface area contributed by atoms with Crippen LogP contribution in [0, 0.1) is 11.8 Å². The molecule has 2 aliphatic rings. The third kappa shape index (κ3) is 5.10. The first-order valence-corrected chi connectivity index (χ1v) is 9.67. The second kappa shape index (κ2) is 9.30. The van der Waals surface area contributed by atoms with Crippen LogP contribution in [0.25, 0.3) is 0 Å². The first-order chi connectivity index (χ1) is 13.9. The third-order valence-corrected chi connectivity index (χ3v) is 5.09. The van der Waals surface area contributed by atoms with E-state index < -0.39 is 58.7 Å². The molecule has 1 aliphatic heterocycles. The summed E-state index contributed by atoms with van der Waals surface area (Å²) in [6.07, 6.45) is -8.18. The Kier molecular flexibility index (Phi) is 7.46. The molecule has 1 fully saturated rings. The standard InChI is InChI=1S/C19H23F6NO4/c1-3-29-16(27)12-11(10-8-6-5-7-9-10)13(17(28)30-4-2)15(19(23,24)25)26-14(12)18(20,21)22/h10-11,26H,3-9H2,1-2H3. The Bertz CT molecular complexity index is 680. The number of hydrogen-bond donors (Lipinski definition) is 1. The molecule has 1 aliphatic carbocycles.